The Morgan fingerprint density at radius 2 is 2.00 bits per heavy atom. The molecule has 0 unspecified atom stereocenters. The van der Waals surface area contributed by atoms with Crippen LogP contribution in [0, 0.1) is 0 Å². The third-order valence-corrected chi connectivity index (χ3v) is 1.66. The van der Waals surface area contributed by atoms with E-state index in [2.05, 4.69) is 4.74 Å². The van der Waals surface area contributed by atoms with Gasteiger partial charge in [0.1, 0.15) is 6.54 Å². The van der Waals surface area contributed by atoms with Crippen LogP contribution in [0.1, 0.15) is 20.8 Å². The number of alkyl halides is 1. The van der Waals surface area contributed by atoms with Crippen molar-refractivity contribution in [2.45, 2.75) is 26.8 Å². The highest BCUT2D eigenvalue weighted by Crippen LogP contribution is 2.00. The first-order chi connectivity index (χ1) is 6.52. The van der Waals surface area contributed by atoms with Crippen molar-refractivity contribution in [3.8, 4) is 0 Å². The van der Waals surface area contributed by atoms with E-state index in [0.29, 0.717) is 0 Å². The van der Waals surface area contributed by atoms with Gasteiger partial charge >= 0.3 is 5.97 Å². The molecule has 0 rings (SSSR count). The second kappa shape index (κ2) is 6.34. The van der Waals surface area contributed by atoms with Gasteiger partial charge in [0.05, 0.1) is 6.61 Å². The normalized spacial score (nSPS) is 10.1. The van der Waals surface area contributed by atoms with Crippen molar-refractivity contribution in [2.75, 3.05) is 19.8 Å². The third kappa shape index (κ3) is 4.20. The predicted molar refractivity (Wildman–Crippen MR) is 49.5 cm³/mol. The smallest absolute Gasteiger partial charge is 0.325 e. The summed E-state index contributed by atoms with van der Waals surface area (Å²) in [6.45, 7) is 4.09. The van der Waals surface area contributed by atoms with E-state index >= 15 is 0 Å². The highest BCUT2D eigenvalue weighted by atomic mass is 19.1. The number of carbonyl (C=O) groups excluding carboxylic acids is 2. The van der Waals surface area contributed by atoms with Crippen LogP contribution in [0.15, 0.2) is 0 Å². The summed E-state index contributed by atoms with van der Waals surface area (Å²) in [6.07, 6.45) is 0. The Balaban J connectivity index is 4.23. The first-order valence-electron chi connectivity index (χ1n) is 4.54. The van der Waals surface area contributed by atoms with Crippen molar-refractivity contribution in [3.05, 3.63) is 0 Å². The quantitative estimate of drug-likeness (QED) is 0.622. The lowest BCUT2D eigenvalue weighted by Crippen LogP contribution is -2.42. The fourth-order valence-corrected chi connectivity index (χ4v) is 0.981. The van der Waals surface area contributed by atoms with Crippen LogP contribution in [-0.4, -0.2) is 42.6 Å². The van der Waals surface area contributed by atoms with Gasteiger partial charge in [-0.1, -0.05) is 0 Å². The topological polar surface area (TPSA) is 46.6 Å². The van der Waals surface area contributed by atoms with Crippen LogP contribution in [0.25, 0.3) is 0 Å². The molecule has 0 radical (unpaired) electrons. The molecule has 4 nitrogen and oxygen atoms in total. The molecule has 82 valence electrons. The van der Waals surface area contributed by atoms with Crippen molar-refractivity contribution in [2.24, 2.45) is 0 Å². The summed E-state index contributed by atoms with van der Waals surface area (Å²) in [7, 11) is 0. The Bertz CT molecular complexity index is 206. The molecule has 0 aliphatic heterocycles. The van der Waals surface area contributed by atoms with Crippen molar-refractivity contribution in [3.63, 3.8) is 0 Å². The number of carbonyl (C=O) groups is 2. The molecule has 0 saturated carbocycles. The molecule has 0 aliphatic rings. The third-order valence-electron chi connectivity index (χ3n) is 1.66. The average Bonchev–Trinajstić information content (AvgIpc) is 2.13. The molecule has 0 aromatic rings. The van der Waals surface area contributed by atoms with Gasteiger partial charge in [-0.15, -0.1) is 0 Å². The summed E-state index contributed by atoms with van der Waals surface area (Å²) in [4.78, 5) is 23.2. The summed E-state index contributed by atoms with van der Waals surface area (Å²) < 4.78 is 16.8. The Morgan fingerprint density at radius 1 is 1.43 bits per heavy atom. The fourth-order valence-electron chi connectivity index (χ4n) is 0.981. The minimum Gasteiger partial charge on any atom is -0.465 e. The van der Waals surface area contributed by atoms with Crippen LogP contribution in [0.2, 0.25) is 0 Å². The molecule has 5 heteroatoms. The van der Waals surface area contributed by atoms with Gasteiger partial charge in [-0.3, -0.25) is 9.59 Å². The molecule has 0 aromatic carbocycles. The SMILES string of the molecule is CCOC(=O)CN(C(=O)CF)C(C)C. The molecular weight excluding hydrogens is 189 g/mol. The summed E-state index contributed by atoms with van der Waals surface area (Å²) in [5.41, 5.74) is 0. The van der Waals surface area contributed by atoms with Gasteiger partial charge in [0.2, 0.25) is 0 Å². The van der Waals surface area contributed by atoms with Crippen molar-refractivity contribution in [1.82, 2.24) is 4.90 Å². The lowest BCUT2D eigenvalue weighted by molar-refractivity contribution is -0.150. The Hall–Kier alpha value is -1.13. The second-order valence-electron chi connectivity index (χ2n) is 3.05. The predicted octanol–water partition coefficient (Wildman–Crippen LogP) is 0.756. The van der Waals surface area contributed by atoms with Gasteiger partial charge in [0.25, 0.3) is 5.91 Å². The first kappa shape index (κ1) is 12.9. The van der Waals surface area contributed by atoms with Crippen LogP contribution >= 0.6 is 0 Å². The maximum absolute atomic E-state index is 12.1. The molecule has 14 heavy (non-hydrogen) atoms. The molecule has 0 fully saturated rings. The fraction of sp³-hybridized carbons (Fsp3) is 0.778. The minimum atomic E-state index is -1.09. The van der Waals surface area contributed by atoms with Gasteiger partial charge in [-0.2, -0.15) is 0 Å². The van der Waals surface area contributed by atoms with Crippen LogP contribution in [0.5, 0.6) is 0 Å². The molecule has 0 bridgehead atoms. The summed E-state index contributed by atoms with van der Waals surface area (Å²) in [6, 6.07) is -0.206. The number of hydrogen-bond acceptors (Lipinski definition) is 3. The van der Waals surface area contributed by atoms with E-state index in [9.17, 15) is 14.0 Å². The maximum atomic E-state index is 12.1. The Kier molecular flexibility index (Phi) is 5.83. The molecule has 0 aromatic heterocycles. The van der Waals surface area contributed by atoms with Gasteiger partial charge in [-0.05, 0) is 20.8 Å². The molecule has 0 atom stereocenters. The maximum Gasteiger partial charge on any atom is 0.325 e. The zero-order chi connectivity index (χ0) is 11.1. The molecule has 0 saturated heterocycles. The zero-order valence-corrected chi connectivity index (χ0v) is 8.75. The monoisotopic (exact) mass is 205 g/mol. The minimum absolute atomic E-state index is 0.186. The number of rotatable bonds is 5. The van der Waals surface area contributed by atoms with E-state index in [-0.39, 0.29) is 19.2 Å². The standard InChI is InChI=1S/C9H16FNO3/c1-4-14-9(13)6-11(7(2)3)8(12)5-10/h7H,4-6H2,1-3H3. The zero-order valence-electron chi connectivity index (χ0n) is 8.75. The number of hydrogen-bond donors (Lipinski definition) is 0. The van der Waals surface area contributed by atoms with E-state index in [1.165, 1.54) is 0 Å². The largest absolute Gasteiger partial charge is 0.465 e. The Labute approximate surface area is 83.0 Å². The summed E-state index contributed by atoms with van der Waals surface area (Å²) >= 11 is 0. The van der Waals surface area contributed by atoms with Gasteiger partial charge in [-0.25, -0.2) is 4.39 Å². The molecule has 0 N–H and O–H groups in total. The van der Waals surface area contributed by atoms with Crippen molar-refractivity contribution < 1.29 is 18.7 Å². The number of amides is 1. The molecule has 1 amide bonds. The van der Waals surface area contributed by atoms with Crippen LogP contribution in [0.3, 0.4) is 0 Å². The highest BCUT2D eigenvalue weighted by molar-refractivity contribution is 5.83. The summed E-state index contributed by atoms with van der Waals surface area (Å²) in [5.74, 6) is -1.20. The molecular formula is C9H16FNO3. The van der Waals surface area contributed by atoms with Gasteiger partial charge < -0.3 is 9.64 Å². The second-order valence-corrected chi connectivity index (χ2v) is 3.05. The number of ether oxygens (including phenoxy) is 1. The number of nitrogens with zero attached hydrogens (tertiary/aromatic N) is 1. The highest BCUT2D eigenvalue weighted by Gasteiger charge is 2.20. The van der Waals surface area contributed by atoms with Gasteiger partial charge in [0.15, 0.2) is 6.67 Å². The van der Waals surface area contributed by atoms with Crippen LogP contribution < -0.4 is 0 Å². The van der Waals surface area contributed by atoms with E-state index in [1.807, 2.05) is 0 Å². The summed E-state index contributed by atoms with van der Waals surface area (Å²) in [5, 5.41) is 0. The van der Waals surface area contributed by atoms with E-state index in [0.717, 1.165) is 4.90 Å². The van der Waals surface area contributed by atoms with Gasteiger partial charge in [0, 0.05) is 6.04 Å². The van der Waals surface area contributed by atoms with Crippen LogP contribution in [0.4, 0.5) is 4.39 Å². The molecule has 0 heterocycles. The van der Waals surface area contributed by atoms with E-state index in [1.54, 1.807) is 20.8 Å². The van der Waals surface area contributed by atoms with Crippen molar-refractivity contribution in [1.29, 1.82) is 0 Å². The number of esters is 1. The molecule has 0 aliphatic carbocycles. The lowest BCUT2D eigenvalue weighted by Gasteiger charge is -2.24. The average molecular weight is 205 g/mol. The van der Waals surface area contributed by atoms with Crippen molar-refractivity contribution >= 4 is 11.9 Å². The van der Waals surface area contributed by atoms with E-state index < -0.39 is 18.6 Å². The lowest BCUT2D eigenvalue weighted by atomic mass is 10.3. The first-order valence-corrected chi connectivity index (χ1v) is 4.54. The molecule has 0 spiro atoms. The van der Waals surface area contributed by atoms with Crippen LogP contribution in [-0.2, 0) is 14.3 Å². The van der Waals surface area contributed by atoms with E-state index in [4.69, 9.17) is 0 Å². The Morgan fingerprint density at radius 3 is 2.36 bits per heavy atom. The number of halogens is 1.